The Labute approximate surface area is 626 Å². The number of aliphatic hydroxyl groups is 2. The molecule has 4 fully saturated rings. The van der Waals surface area contributed by atoms with Crippen LogP contribution in [-0.4, -0.2) is 210 Å². The molecule has 48 nitrogen and oxygen atoms in total. The average molecular weight is 1650 g/mol. The molecule has 12 heterocycles. The van der Waals surface area contributed by atoms with Gasteiger partial charge in [0.2, 0.25) is 23.8 Å². The van der Waals surface area contributed by atoms with Crippen molar-refractivity contribution in [3.8, 4) is 11.5 Å². The van der Waals surface area contributed by atoms with Crippen molar-refractivity contribution in [2.24, 2.45) is 0 Å². The first kappa shape index (κ1) is 79.2. The summed E-state index contributed by atoms with van der Waals surface area (Å²) in [4.78, 5) is 136. The van der Waals surface area contributed by atoms with E-state index in [0.29, 0.717) is 11.5 Å². The lowest BCUT2D eigenvalue weighted by Gasteiger charge is -2.23. The molecule has 10 aromatic rings. The molecule has 4 aliphatic rings. The number of phosphoric ester groups is 4. The van der Waals surface area contributed by atoms with Gasteiger partial charge in [-0.2, -0.15) is 19.9 Å². The Morgan fingerprint density at radius 2 is 0.679 bits per heavy atom. The number of hydrogen-bond acceptors (Lipinski definition) is 36. The highest BCUT2D eigenvalue weighted by molar-refractivity contribution is 7.48. The highest BCUT2D eigenvalue weighted by Gasteiger charge is 2.49. The number of nitrogens with one attached hydrogen (secondary N) is 4. The molecule has 4 unspecified atom stereocenters. The lowest BCUT2D eigenvalue weighted by atomic mass is 10.1. The SMILES string of the molecule is Nc1nc2c(ncn2[C@H]2C[C@H](OP(=O)(O)OC[C@H]3O[C@@H](n4cnc5c(=O)[nH]c(N)nc54)C[C@@H]3OP(=O)(O)OCCCOc3ccc(/C=C/c4ccc(OCCCOP(=O)(O)O[C@H]5C[C@H](n6cnc7c(=O)[nH]c(N)nc76)O[C@@H]5COP(=O)(O)O[C@H]5C[C@H](n6cnc7c(=O)[nH]c(N)nc76)O[C@@H]5CO)cc4)cc3)[C@@H](CO)O2)c(=O)[nH]1. The second-order valence-corrected chi connectivity index (χ2v) is 31.1. The number of ether oxygens (including phenoxy) is 6. The van der Waals surface area contributed by atoms with E-state index in [2.05, 4.69) is 59.8 Å². The highest BCUT2D eigenvalue weighted by atomic mass is 31.2. The zero-order valence-electron chi connectivity index (χ0n) is 58.0. The number of nitrogens with zero attached hydrogens (tertiary/aromatic N) is 12. The Morgan fingerprint density at radius 1 is 0.411 bits per heavy atom. The van der Waals surface area contributed by atoms with E-state index in [9.17, 15) is 67.2 Å². The van der Waals surface area contributed by atoms with E-state index in [-0.39, 0.29) is 133 Å². The van der Waals surface area contributed by atoms with E-state index in [1.807, 2.05) is 12.2 Å². The molecule has 112 heavy (non-hydrogen) atoms. The smallest absolute Gasteiger partial charge is 0.472 e. The summed E-state index contributed by atoms with van der Waals surface area (Å²) >= 11 is 0. The molecule has 0 radical (unpaired) electrons. The number of aliphatic hydroxyl groups excluding tert-OH is 2. The van der Waals surface area contributed by atoms with Crippen LogP contribution in [0.3, 0.4) is 0 Å². The largest absolute Gasteiger partial charge is 0.494 e. The van der Waals surface area contributed by atoms with Crippen molar-refractivity contribution in [3.63, 3.8) is 0 Å². The van der Waals surface area contributed by atoms with Gasteiger partial charge in [-0.3, -0.25) is 93.6 Å². The molecule has 0 saturated carbocycles. The molecular formula is C60H72N20O28P4. The number of anilines is 4. The fourth-order valence-corrected chi connectivity index (χ4v) is 16.6. The highest BCUT2D eigenvalue weighted by Crippen LogP contribution is 2.54. The van der Waals surface area contributed by atoms with Gasteiger partial charge >= 0.3 is 31.3 Å². The molecule has 0 spiro atoms. The first-order valence-electron chi connectivity index (χ1n) is 34.0. The van der Waals surface area contributed by atoms with Gasteiger partial charge in [0.05, 0.1) is 78.2 Å². The minimum atomic E-state index is -5.09. The van der Waals surface area contributed by atoms with Gasteiger partial charge in [0, 0.05) is 38.5 Å². The second kappa shape index (κ2) is 33.0. The molecule has 18 N–H and O–H groups in total. The van der Waals surface area contributed by atoms with E-state index in [1.165, 1.54) is 43.6 Å². The van der Waals surface area contributed by atoms with Crippen LogP contribution >= 0.6 is 31.3 Å². The van der Waals surface area contributed by atoms with Gasteiger partial charge in [-0.1, -0.05) is 36.4 Å². The minimum absolute atomic E-state index is 0.0202. The summed E-state index contributed by atoms with van der Waals surface area (Å²) in [6.45, 7) is -3.54. The van der Waals surface area contributed by atoms with Crippen molar-refractivity contribution in [1.29, 1.82) is 0 Å². The minimum Gasteiger partial charge on any atom is -0.494 e. The predicted octanol–water partition coefficient (Wildman–Crippen LogP) is 1.40. The van der Waals surface area contributed by atoms with Gasteiger partial charge in [0.1, 0.15) is 85.2 Å². The van der Waals surface area contributed by atoms with Crippen LogP contribution in [0.4, 0.5) is 23.8 Å². The molecule has 0 aliphatic carbocycles. The lowest BCUT2D eigenvalue weighted by molar-refractivity contribution is -0.0555. The fraction of sp³-hybridized carbons (Fsp3) is 0.433. The zero-order valence-corrected chi connectivity index (χ0v) is 61.6. The number of aromatic nitrogens is 16. The summed E-state index contributed by atoms with van der Waals surface area (Å²) in [5, 5.41) is 20.3. The molecule has 0 bridgehead atoms. The Hall–Kier alpha value is -9.42. The molecule has 600 valence electrons. The van der Waals surface area contributed by atoms with E-state index in [0.717, 1.165) is 11.1 Å². The third-order valence-corrected chi connectivity index (χ3v) is 22.0. The molecule has 2 aromatic carbocycles. The number of hydrogen-bond donors (Lipinski definition) is 14. The summed E-state index contributed by atoms with van der Waals surface area (Å²) in [7, 11) is -20.1. The maximum atomic E-state index is 13.6. The third kappa shape index (κ3) is 18.3. The molecule has 4 saturated heterocycles. The first-order chi connectivity index (χ1) is 53.5. The maximum absolute atomic E-state index is 13.6. The molecule has 8 aromatic heterocycles. The molecular weight excluding hydrogens is 1570 g/mol. The summed E-state index contributed by atoms with van der Waals surface area (Å²) in [6, 6.07) is 14.0. The zero-order chi connectivity index (χ0) is 79.0. The molecule has 4 aliphatic heterocycles. The molecule has 0 amide bonds. The van der Waals surface area contributed by atoms with Crippen molar-refractivity contribution < 1.29 is 113 Å². The summed E-state index contributed by atoms with van der Waals surface area (Å²) in [6.07, 6.45) is -6.74. The number of fused-ring (bicyclic) bond motifs is 4. The topological polar surface area (TPSA) is 677 Å². The lowest BCUT2D eigenvalue weighted by Crippen LogP contribution is -2.30. The number of imidazole rings is 4. The van der Waals surface area contributed by atoms with Crippen LogP contribution in [0.25, 0.3) is 56.8 Å². The number of H-pyrrole nitrogens is 4. The number of nitrogen functional groups attached to an aromatic ring is 4. The van der Waals surface area contributed by atoms with Gasteiger partial charge in [-0.05, 0) is 35.4 Å². The summed E-state index contributed by atoms with van der Waals surface area (Å²) < 4.78 is 139. The van der Waals surface area contributed by atoms with Crippen LogP contribution in [0.15, 0.2) is 93.0 Å². The van der Waals surface area contributed by atoms with Gasteiger partial charge in [-0.25, -0.2) is 38.2 Å². The van der Waals surface area contributed by atoms with Crippen molar-refractivity contribution in [2.45, 2.75) is 112 Å². The fourth-order valence-electron chi connectivity index (χ4n) is 12.7. The Balaban J connectivity index is 0.521. The molecule has 52 heteroatoms. The molecule has 14 rings (SSSR count). The van der Waals surface area contributed by atoms with E-state index in [1.54, 1.807) is 48.5 Å². The Kier molecular flexibility index (Phi) is 23.3. The van der Waals surface area contributed by atoms with Crippen LogP contribution < -0.4 is 54.6 Å². The first-order valence-corrected chi connectivity index (χ1v) is 40.0. The monoisotopic (exact) mass is 1640 g/mol. The van der Waals surface area contributed by atoms with Gasteiger partial charge in [0.15, 0.2) is 44.7 Å². The van der Waals surface area contributed by atoms with Crippen LogP contribution in [0.1, 0.15) is 74.6 Å². The molecule has 16 atom stereocenters. The number of phosphoric acid groups is 4. The van der Waals surface area contributed by atoms with Gasteiger partial charge < -0.3 is 81.1 Å². The Bertz CT molecular complexity index is 5230. The Morgan fingerprint density at radius 3 is 0.964 bits per heavy atom. The summed E-state index contributed by atoms with van der Waals surface area (Å²) in [5.41, 5.74) is 21.8. The normalized spacial score (nSPS) is 25.0. The van der Waals surface area contributed by atoms with Crippen LogP contribution in [-0.2, 0) is 73.4 Å². The maximum Gasteiger partial charge on any atom is 0.472 e. The standard InChI is InChI=1S/C60H72N20O28P4/c61-57-69-49-45(53(83)73-57)65-25-77(49)41-17-33(37(21-81)101-41)105-111(91,92)99-23-39-35(19-43(103-39)79-27-67-47-51(79)71-59(63)75-55(47)85)107-109(87,88)97-15-1-13-95-31-9-5-29(6-10-31)3-4-30-7-11-32(12-8-30)96-14-2-16-98-110(89,90)108-36-20-44(80-28-68-48-52(80)72-60(64)76-56(48)86)104-40(36)24-100-112(93,94)106-34-18-42(102-38(34)22-82)78-26-66-46-50(78)70-58(62)74-54(46)84/h3-12,25-28,33-44,81-82H,1-2,13-24H2,(H,87,88)(H,89,90)(H,91,92)(H,93,94)(H3,61,69,73,83)(H3,62,70,74,84)(H3,63,71,75,85)(H3,64,72,76,86)/b4-3+/t33-,34-,35-,36-,37+,38+,39+,40+,41+,42+,43+,44+/m0/s1. The van der Waals surface area contributed by atoms with Crippen molar-refractivity contribution in [2.75, 3.05) is 75.8 Å². The number of aromatic amines is 4. The predicted molar refractivity (Wildman–Crippen MR) is 383 cm³/mol. The van der Waals surface area contributed by atoms with Gasteiger partial charge in [-0.15, -0.1) is 0 Å². The summed E-state index contributed by atoms with van der Waals surface area (Å²) in [5.74, 6) is 0.0121. The van der Waals surface area contributed by atoms with Crippen molar-refractivity contribution in [3.05, 3.63) is 126 Å². The quantitative estimate of drug-likeness (QED) is 0.0154. The van der Waals surface area contributed by atoms with Crippen LogP contribution in [0.5, 0.6) is 11.5 Å². The van der Waals surface area contributed by atoms with E-state index >= 15 is 0 Å². The van der Waals surface area contributed by atoms with E-state index < -0.39 is 154 Å². The van der Waals surface area contributed by atoms with Crippen molar-refractivity contribution >= 4 is 112 Å². The third-order valence-electron chi connectivity index (χ3n) is 17.9. The van der Waals surface area contributed by atoms with Gasteiger partial charge in [0.25, 0.3) is 22.2 Å². The van der Waals surface area contributed by atoms with Crippen molar-refractivity contribution in [1.82, 2.24) is 78.1 Å². The van der Waals surface area contributed by atoms with E-state index in [4.69, 9.17) is 87.5 Å². The number of benzene rings is 2. The van der Waals surface area contributed by atoms with Crippen LogP contribution in [0, 0.1) is 0 Å². The second-order valence-electron chi connectivity index (χ2n) is 25.5. The number of nitrogens with two attached hydrogens (primary N) is 4. The van der Waals surface area contributed by atoms with Crippen LogP contribution in [0.2, 0.25) is 0 Å². The average Bonchev–Trinajstić information content (AvgIpc) is 1.64. The number of rotatable bonds is 34.